The Hall–Kier alpha value is -1.42. The van der Waals surface area contributed by atoms with E-state index in [9.17, 15) is 4.79 Å². The molecule has 0 spiro atoms. The first-order chi connectivity index (χ1) is 8.09. The standard InChI is InChI=1S/C12H16ClN3O/c1-9(17)15-5-7-16(8-6-15)11-4-2-3-10(13)12(11)14/h2-4H,5-8,14H2,1H3. The molecule has 1 heterocycles. The van der Waals surface area contributed by atoms with Crippen LogP contribution in [0.25, 0.3) is 0 Å². The van der Waals surface area contributed by atoms with E-state index < -0.39 is 0 Å². The lowest BCUT2D eigenvalue weighted by Gasteiger charge is -2.36. The summed E-state index contributed by atoms with van der Waals surface area (Å²) in [6.07, 6.45) is 0. The molecule has 17 heavy (non-hydrogen) atoms. The molecular weight excluding hydrogens is 238 g/mol. The topological polar surface area (TPSA) is 49.6 Å². The minimum Gasteiger partial charge on any atom is -0.396 e. The van der Waals surface area contributed by atoms with Crippen molar-refractivity contribution in [2.24, 2.45) is 0 Å². The lowest BCUT2D eigenvalue weighted by molar-refractivity contribution is -0.129. The number of nitrogens with two attached hydrogens (primary N) is 1. The van der Waals surface area contributed by atoms with Crippen molar-refractivity contribution in [3.05, 3.63) is 23.2 Å². The first-order valence-electron chi connectivity index (χ1n) is 5.64. The fraction of sp³-hybridized carbons (Fsp3) is 0.417. The number of carbonyl (C=O) groups is 1. The van der Waals surface area contributed by atoms with Crippen LogP contribution in [0, 0.1) is 0 Å². The predicted molar refractivity (Wildman–Crippen MR) is 70.3 cm³/mol. The molecular formula is C12H16ClN3O. The normalized spacial score (nSPS) is 16.1. The number of hydrogen-bond acceptors (Lipinski definition) is 3. The average Bonchev–Trinajstić information content (AvgIpc) is 2.33. The van der Waals surface area contributed by atoms with E-state index in [1.54, 1.807) is 13.0 Å². The van der Waals surface area contributed by atoms with Crippen molar-refractivity contribution in [1.82, 2.24) is 4.90 Å². The minimum absolute atomic E-state index is 0.128. The molecule has 0 radical (unpaired) electrons. The van der Waals surface area contributed by atoms with E-state index in [4.69, 9.17) is 17.3 Å². The Balaban J connectivity index is 2.10. The molecule has 1 fully saturated rings. The van der Waals surface area contributed by atoms with Gasteiger partial charge in [0.15, 0.2) is 0 Å². The number of benzene rings is 1. The van der Waals surface area contributed by atoms with Crippen LogP contribution in [-0.4, -0.2) is 37.0 Å². The molecule has 0 saturated carbocycles. The summed E-state index contributed by atoms with van der Waals surface area (Å²) in [5.74, 6) is 0.128. The van der Waals surface area contributed by atoms with Gasteiger partial charge in [0.1, 0.15) is 0 Å². The zero-order valence-corrected chi connectivity index (χ0v) is 10.6. The molecule has 0 aromatic heterocycles. The van der Waals surface area contributed by atoms with E-state index in [-0.39, 0.29) is 5.91 Å². The van der Waals surface area contributed by atoms with Crippen LogP contribution in [0.15, 0.2) is 18.2 Å². The number of halogens is 1. The average molecular weight is 254 g/mol. The molecule has 0 unspecified atom stereocenters. The molecule has 1 amide bonds. The van der Waals surface area contributed by atoms with Crippen LogP contribution in [0.4, 0.5) is 11.4 Å². The highest BCUT2D eigenvalue weighted by Crippen LogP contribution is 2.30. The van der Waals surface area contributed by atoms with Crippen LogP contribution in [-0.2, 0) is 4.79 Å². The Labute approximate surface area is 106 Å². The molecule has 0 aliphatic carbocycles. The molecule has 0 atom stereocenters. The Bertz CT molecular complexity index is 428. The van der Waals surface area contributed by atoms with Gasteiger partial charge in [-0.1, -0.05) is 17.7 Å². The SMILES string of the molecule is CC(=O)N1CCN(c2cccc(Cl)c2N)CC1. The molecule has 1 aliphatic heterocycles. The summed E-state index contributed by atoms with van der Waals surface area (Å²) in [4.78, 5) is 15.2. The van der Waals surface area contributed by atoms with Crippen LogP contribution in [0.1, 0.15) is 6.92 Å². The zero-order valence-electron chi connectivity index (χ0n) is 9.82. The number of nitrogen functional groups attached to an aromatic ring is 1. The molecule has 1 aromatic rings. The van der Waals surface area contributed by atoms with Gasteiger partial charge in [-0.3, -0.25) is 4.79 Å². The molecule has 92 valence electrons. The van der Waals surface area contributed by atoms with Gasteiger partial charge in [0.05, 0.1) is 16.4 Å². The summed E-state index contributed by atoms with van der Waals surface area (Å²) < 4.78 is 0. The van der Waals surface area contributed by atoms with Crippen molar-refractivity contribution in [1.29, 1.82) is 0 Å². The molecule has 1 aliphatic rings. The second-order valence-electron chi connectivity index (χ2n) is 4.17. The number of nitrogens with zero attached hydrogens (tertiary/aromatic N) is 2. The molecule has 4 nitrogen and oxygen atoms in total. The van der Waals surface area contributed by atoms with Crippen molar-refractivity contribution in [2.45, 2.75) is 6.92 Å². The summed E-state index contributed by atoms with van der Waals surface area (Å²) >= 11 is 6.00. The summed E-state index contributed by atoms with van der Waals surface area (Å²) in [7, 11) is 0. The quantitative estimate of drug-likeness (QED) is 0.774. The van der Waals surface area contributed by atoms with Crippen LogP contribution >= 0.6 is 11.6 Å². The number of para-hydroxylation sites is 1. The summed E-state index contributed by atoms with van der Waals surface area (Å²) in [5, 5.41) is 0.580. The Morgan fingerprint density at radius 3 is 2.53 bits per heavy atom. The highest BCUT2D eigenvalue weighted by atomic mass is 35.5. The third kappa shape index (κ3) is 2.47. The summed E-state index contributed by atoms with van der Waals surface area (Å²) in [6.45, 7) is 4.67. The van der Waals surface area contributed by atoms with Crippen molar-refractivity contribution in [3.63, 3.8) is 0 Å². The molecule has 2 N–H and O–H groups in total. The van der Waals surface area contributed by atoms with Gasteiger partial charge >= 0.3 is 0 Å². The maximum absolute atomic E-state index is 11.2. The van der Waals surface area contributed by atoms with E-state index >= 15 is 0 Å². The first-order valence-corrected chi connectivity index (χ1v) is 6.02. The second kappa shape index (κ2) is 4.84. The van der Waals surface area contributed by atoms with Crippen molar-refractivity contribution < 1.29 is 4.79 Å². The first kappa shape index (κ1) is 12.0. The van der Waals surface area contributed by atoms with Gasteiger partial charge in [0, 0.05) is 33.1 Å². The lowest BCUT2D eigenvalue weighted by Crippen LogP contribution is -2.48. The third-order valence-corrected chi connectivity index (χ3v) is 3.43. The smallest absolute Gasteiger partial charge is 0.219 e. The maximum atomic E-state index is 11.2. The minimum atomic E-state index is 0.128. The predicted octanol–water partition coefficient (Wildman–Crippen LogP) is 1.59. The van der Waals surface area contributed by atoms with Crippen LogP contribution in [0.5, 0.6) is 0 Å². The third-order valence-electron chi connectivity index (χ3n) is 3.10. The van der Waals surface area contributed by atoms with E-state index in [1.165, 1.54) is 0 Å². The number of rotatable bonds is 1. The van der Waals surface area contributed by atoms with Crippen molar-refractivity contribution in [2.75, 3.05) is 36.8 Å². The van der Waals surface area contributed by atoms with Crippen LogP contribution in [0.2, 0.25) is 5.02 Å². The van der Waals surface area contributed by atoms with E-state index in [0.717, 1.165) is 31.9 Å². The molecule has 1 aromatic carbocycles. The van der Waals surface area contributed by atoms with E-state index in [1.807, 2.05) is 17.0 Å². The summed E-state index contributed by atoms with van der Waals surface area (Å²) in [5.41, 5.74) is 7.53. The van der Waals surface area contributed by atoms with E-state index in [2.05, 4.69) is 4.90 Å². The van der Waals surface area contributed by atoms with Crippen molar-refractivity contribution in [3.8, 4) is 0 Å². The van der Waals surface area contributed by atoms with Crippen LogP contribution < -0.4 is 10.6 Å². The molecule has 2 rings (SSSR count). The number of amides is 1. The Morgan fingerprint density at radius 1 is 1.29 bits per heavy atom. The Morgan fingerprint density at radius 2 is 1.94 bits per heavy atom. The molecule has 0 bridgehead atoms. The van der Waals surface area contributed by atoms with Gasteiger partial charge in [-0.05, 0) is 12.1 Å². The zero-order chi connectivity index (χ0) is 12.4. The number of carbonyl (C=O) groups excluding carboxylic acids is 1. The number of anilines is 2. The molecule has 1 saturated heterocycles. The second-order valence-corrected chi connectivity index (χ2v) is 4.57. The number of hydrogen-bond donors (Lipinski definition) is 1. The van der Waals surface area contributed by atoms with Crippen LogP contribution in [0.3, 0.4) is 0 Å². The highest BCUT2D eigenvalue weighted by Gasteiger charge is 2.20. The van der Waals surface area contributed by atoms with Gasteiger partial charge < -0.3 is 15.5 Å². The van der Waals surface area contributed by atoms with E-state index in [0.29, 0.717) is 10.7 Å². The lowest BCUT2D eigenvalue weighted by atomic mass is 10.2. The largest absolute Gasteiger partial charge is 0.396 e. The van der Waals surface area contributed by atoms with Gasteiger partial charge in [-0.2, -0.15) is 0 Å². The monoisotopic (exact) mass is 253 g/mol. The van der Waals surface area contributed by atoms with Gasteiger partial charge in [-0.15, -0.1) is 0 Å². The van der Waals surface area contributed by atoms with Gasteiger partial charge in [-0.25, -0.2) is 0 Å². The van der Waals surface area contributed by atoms with Crippen molar-refractivity contribution >= 4 is 28.9 Å². The fourth-order valence-corrected chi connectivity index (χ4v) is 2.23. The molecule has 5 heteroatoms. The maximum Gasteiger partial charge on any atom is 0.219 e. The number of piperazine rings is 1. The highest BCUT2D eigenvalue weighted by molar-refractivity contribution is 6.33. The Kier molecular flexibility index (Phi) is 3.43. The van der Waals surface area contributed by atoms with Gasteiger partial charge in [0.25, 0.3) is 0 Å². The fourth-order valence-electron chi connectivity index (χ4n) is 2.06. The van der Waals surface area contributed by atoms with Gasteiger partial charge in [0.2, 0.25) is 5.91 Å². The summed E-state index contributed by atoms with van der Waals surface area (Å²) in [6, 6.07) is 5.64.